The summed E-state index contributed by atoms with van der Waals surface area (Å²) in [6, 6.07) is 0. The Morgan fingerprint density at radius 3 is 1.92 bits per heavy atom. The van der Waals surface area contributed by atoms with Crippen LogP contribution in [0.5, 0.6) is 0 Å². The number of hydrogen-bond acceptors (Lipinski definition) is 1. The highest BCUT2D eigenvalue weighted by Gasteiger charge is 2.46. The zero-order chi connectivity index (χ0) is 9.47. The molecule has 0 fully saturated rings. The molecule has 0 N–H and O–H groups in total. The second-order valence-corrected chi connectivity index (χ2v) is 3.17. The highest BCUT2D eigenvalue weighted by molar-refractivity contribution is 6.01. The third kappa shape index (κ3) is 0.903. The molecule has 0 radical (unpaired) electrons. The van der Waals surface area contributed by atoms with E-state index in [9.17, 15) is 4.79 Å². The lowest BCUT2D eigenvalue weighted by Gasteiger charge is -2.10. The van der Waals surface area contributed by atoms with Crippen molar-refractivity contribution in [2.45, 2.75) is 0 Å². The second-order valence-electron chi connectivity index (χ2n) is 3.17. The Morgan fingerprint density at radius 2 is 1.54 bits per heavy atom. The number of allylic oxidation sites excluding steroid dienone is 8. The Hall–Kier alpha value is -1.63. The molecule has 1 nitrogen and oxygen atoms in total. The molecule has 13 heavy (non-hydrogen) atoms. The van der Waals surface area contributed by atoms with Gasteiger partial charge in [0.15, 0.2) is 5.78 Å². The van der Waals surface area contributed by atoms with Crippen LogP contribution in [0.3, 0.4) is 0 Å². The number of carbonyl (C=O) groups excluding carboxylic acids is 1. The van der Waals surface area contributed by atoms with Crippen LogP contribution in [0.1, 0.15) is 0 Å². The summed E-state index contributed by atoms with van der Waals surface area (Å²) in [5, 5.41) is 0. The molecule has 0 saturated carbocycles. The van der Waals surface area contributed by atoms with Crippen molar-refractivity contribution in [3.8, 4) is 0 Å². The molecule has 0 amide bonds. The predicted molar refractivity (Wildman–Crippen MR) is 53.1 cm³/mol. The van der Waals surface area contributed by atoms with Crippen molar-refractivity contribution in [1.82, 2.24) is 0 Å². The number of carbonyl (C=O) groups is 1. The maximum absolute atomic E-state index is 10.9. The summed E-state index contributed by atoms with van der Waals surface area (Å²) in [6.45, 7) is 7.46. The molecule has 0 heterocycles. The molecule has 0 unspecified atom stereocenters. The molecule has 2 aliphatic rings. The van der Waals surface area contributed by atoms with Crippen LogP contribution in [-0.4, -0.2) is 5.78 Å². The molecule has 0 aromatic heterocycles. The molecule has 64 valence electrons. The van der Waals surface area contributed by atoms with Crippen LogP contribution in [0.25, 0.3) is 0 Å². The Bertz CT molecular complexity index is 355. The van der Waals surface area contributed by atoms with E-state index in [1.54, 1.807) is 12.2 Å². The number of ketones is 1. The van der Waals surface area contributed by atoms with Crippen molar-refractivity contribution >= 4 is 5.78 Å². The molecule has 0 bridgehead atoms. The normalized spacial score (nSPS) is 22.3. The van der Waals surface area contributed by atoms with Crippen LogP contribution < -0.4 is 0 Å². The zero-order valence-corrected chi connectivity index (χ0v) is 7.29. The van der Waals surface area contributed by atoms with E-state index in [1.807, 2.05) is 24.3 Å². The summed E-state index contributed by atoms with van der Waals surface area (Å²) >= 11 is 0. The van der Waals surface area contributed by atoms with Crippen molar-refractivity contribution in [1.29, 1.82) is 0 Å². The van der Waals surface area contributed by atoms with E-state index in [2.05, 4.69) is 13.2 Å². The van der Waals surface area contributed by atoms with Crippen molar-refractivity contribution in [2.75, 3.05) is 0 Å². The summed E-state index contributed by atoms with van der Waals surface area (Å²) in [6.07, 6.45) is 10.6. The SMILES string of the molecule is C=CC1=C(C=C)C12C=CC(=O)C=C2. The minimum atomic E-state index is -0.141. The first-order chi connectivity index (χ1) is 6.24. The molecule has 0 aromatic carbocycles. The van der Waals surface area contributed by atoms with Gasteiger partial charge in [0.25, 0.3) is 0 Å². The van der Waals surface area contributed by atoms with Gasteiger partial charge in [0, 0.05) is 0 Å². The van der Waals surface area contributed by atoms with Crippen molar-refractivity contribution < 1.29 is 4.79 Å². The van der Waals surface area contributed by atoms with Crippen LogP contribution in [0, 0.1) is 5.41 Å². The fraction of sp³-hybridized carbons (Fsp3) is 0.0833. The van der Waals surface area contributed by atoms with Crippen LogP contribution in [0.4, 0.5) is 0 Å². The van der Waals surface area contributed by atoms with Gasteiger partial charge in [-0.25, -0.2) is 0 Å². The Labute approximate surface area is 77.5 Å². The summed E-state index contributed by atoms with van der Waals surface area (Å²) < 4.78 is 0. The largest absolute Gasteiger partial charge is 0.290 e. The first-order valence-corrected chi connectivity index (χ1v) is 4.17. The van der Waals surface area contributed by atoms with E-state index in [0.29, 0.717) is 0 Å². The third-order valence-electron chi connectivity index (χ3n) is 2.55. The lowest BCUT2D eigenvalue weighted by atomic mass is 9.91. The van der Waals surface area contributed by atoms with Gasteiger partial charge in [0.2, 0.25) is 0 Å². The van der Waals surface area contributed by atoms with Crippen molar-refractivity contribution in [2.24, 2.45) is 5.41 Å². The monoisotopic (exact) mass is 170 g/mol. The maximum atomic E-state index is 10.9. The molecular weight excluding hydrogens is 160 g/mol. The summed E-state index contributed by atoms with van der Waals surface area (Å²) in [7, 11) is 0. The van der Waals surface area contributed by atoms with E-state index in [1.165, 1.54) is 0 Å². The zero-order valence-electron chi connectivity index (χ0n) is 7.29. The molecule has 1 heteroatoms. The summed E-state index contributed by atoms with van der Waals surface area (Å²) in [5.74, 6) is 0.0457. The van der Waals surface area contributed by atoms with Gasteiger partial charge in [-0.2, -0.15) is 0 Å². The fourth-order valence-corrected chi connectivity index (χ4v) is 1.81. The van der Waals surface area contributed by atoms with Crippen LogP contribution in [0.2, 0.25) is 0 Å². The topological polar surface area (TPSA) is 17.1 Å². The fourth-order valence-electron chi connectivity index (χ4n) is 1.81. The molecule has 2 rings (SSSR count). The van der Waals surface area contributed by atoms with Crippen LogP contribution >= 0.6 is 0 Å². The van der Waals surface area contributed by atoms with Crippen LogP contribution in [0.15, 0.2) is 60.8 Å². The highest BCUT2D eigenvalue weighted by Crippen LogP contribution is 2.56. The van der Waals surface area contributed by atoms with Gasteiger partial charge in [-0.3, -0.25) is 4.79 Å². The van der Waals surface area contributed by atoms with Gasteiger partial charge in [-0.1, -0.05) is 37.5 Å². The summed E-state index contributed by atoms with van der Waals surface area (Å²) in [5.41, 5.74) is 2.17. The molecule has 0 aromatic rings. The molecular formula is C12H10O. The molecule has 0 atom stereocenters. The highest BCUT2D eigenvalue weighted by atomic mass is 16.1. The van der Waals surface area contributed by atoms with Crippen molar-refractivity contribution in [3.05, 3.63) is 60.8 Å². The van der Waals surface area contributed by atoms with Gasteiger partial charge in [0.1, 0.15) is 0 Å². The van der Waals surface area contributed by atoms with E-state index in [4.69, 9.17) is 0 Å². The smallest absolute Gasteiger partial charge is 0.178 e. The first-order valence-electron chi connectivity index (χ1n) is 4.17. The Balaban J connectivity index is 2.35. The van der Waals surface area contributed by atoms with Gasteiger partial charge in [-0.05, 0) is 23.3 Å². The lowest BCUT2D eigenvalue weighted by Crippen LogP contribution is -2.05. The minimum Gasteiger partial charge on any atom is -0.290 e. The van der Waals surface area contributed by atoms with E-state index in [0.717, 1.165) is 11.1 Å². The van der Waals surface area contributed by atoms with Gasteiger partial charge in [-0.15, -0.1) is 0 Å². The molecule has 0 saturated heterocycles. The van der Waals surface area contributed by atoms with Gasteiger partial charge >= 0.3 is 0 Å². The van der Waals surface area contributed by atoms with Gasteiger partial charge < -0.3 is 0 Å². The Morgan fingerprint density at radius 1 is 1.08 bits per heavy atom. The van der Waals surface area contributed by atoms with Gasteiger partial charge in [0.05, 0.1) is 5.41 Å². The van der Waals surface area contributed by atoms with Crippen molar-refractivity contribution in [3.63, 3.8) is 0 Å². The maximum Gasteiger partial charge on any atom is 0.178 e. The van der Waals surface area contributed by atoms with Crippen LogP contribution in [-0.2, 0) is 4.79 Å². The minimum absolute atomic E-state index is 0.0457. The average Bonchev–Trinajstić information content (AvgIpc) is 2.77. The standard InChI is InChI=1S/C12H10O/c1-3-10-11(4-2)12(10)7-5-9(13)6-8-12/h3-8H,1-2H2. The second kappa shape index (κ2) is 2.43. The Kier molecular flexibility index (Phi) is 1.49. The average molecular weight is 170 g/mol. The van der Waals surface area contributed by atoms with E-state index >= 15 is 0 Å². The van der Waals surface area contributed by atoms with E-state index in [-0.39, 0.29) is 11.2 Å². The first kappa shape index (κ1) is 7.99. The molecule has 1 spiro atoms. The lowest BCUT2D eigenvalue weighted by molar-refractivity contribution is -0.110. The molecule has 0 aliphatic heterocycles. The summed E-state index contributed by atoms with van der Waals surface area (Å²) in [4.78, 5) is 10.9. The third-order valence-corrected chi connectivity index (χ3v) is 2.55. The number of hydrogen-bond donors (Lipinski definition) is 0. The molecule has 2 aliphatic carbocycles. The predicted octanol–water partition coefficient (Wildman–Crippen LogP) is 2.35. The quantitative estimate of drug-likeness (QED) is 0.621. The van der Waals surface area contributed by atoms with E-state index < -0.39 is 0 Å². The number of rotatable bonds is 2.